The number of phenolic OH excluding ortho intramolecular Hbond substituents is 2. The molecule has 2 aromatic carbocycles. The van der Waals surface area contributed by atoms with E-state index in [2.05, 4.69) is 15.9 Å². The summed E-state index contributed by atoms with van der Waals surface area (Å²) in [6.07, 6.45) is 2.09. The number of aromatic hydroxyl groups is 2. The van der Waals surface area contributed by atoms with E-state index in [1.807, 2.05) is 34.7 Å². The molecule has 0 unspecified atom stereocenters. The maximum Gasteiger partial charge on any atom is 0.169 e. The number of aliphatic hydroxyl groups is 1. The Kier molecular flexibility index (Phi) is 5.76. The molecule has 0 aromatic heterocycles. The predicted octanol–water partition coefficient (Wildman–Crippen LogP) is 3.31. The molecule has 1 fully saturated rings. The molecule has 1 saturated heterocycles. The van der Waals surface area contributed by atoms with Crippen molar-refractivity contribution in [1.29, 1.82) is 5.26 Å². The fourth-order valence-electron chi connectivity index (χ4n) is 8.69. The Morgan fingerprint density at radius 1 is 0.857 bits per heavy atom. The summed E-state index contributed by atoms with van der Waals surface area (Å²) in [5, 5.41) is 45.1. The van der Waals surface area contributed by atoms with Gasteiger partial charge in [-0.05, 0) is 47.6 Å². The van der Waals surface area contributed by atoms with Crippen molar-refractivity contribution in [1.82, 2.24) is 9.80 Å². The highest BCUT2D eigenvalue weighted by molar-refractivity contribution is 5.69. The molecule has 224 valence electrons. The van der Waals surface area contributed by atoms with Gasteiger partial charge in [0.25, 0.3) is 0 Å². The van der Waals surface area contributed by atoms with Gasteiger partial charge in [-0.1, -0.05) is 0 Å². The van der Waals surface area contributed by atoms with E-state index in [-0.39, 0.29) is 36.2 Å². The second kappa shape index (κ2) is 8.82. The molecule has 0 aliphatic carbocycles. The summed E-state index contributed by atoms with van der Waals surface area (Å²) in [6.45, 7) is 7.62. The van der Waals surface area contributed by atoms with E-state index in [1.165, 1.54) is 0 Å². The Labute approximate surface area is 246 Å². The molecule has 0 saturated carbocycles. The van der Waals surface area contributed by atoms with E-state index in [1.54, 1.807) is 14.2 Å². The van der Waals surface area contributed by atoms with Crippen molar-refractivity contribution < 1.29 is 34.3 Å². The van der Waals surface area contributed by atoms with Gasteiger partial charge in [-0.3, -0.25) is 9.80 Å². The average Bonchev–Trinajstić information content (AvgIpc) is 3.44. The molecular weight excluding hydrogens is 538 g/mol. The quantitative estimate of drug-likeness (QED) is 0.500. The van der Waals surface area contributed by atoms with E-state index in [0.717, 1.165) is 33.6 Å². The van der Waals surface area contributed by atoms with Crippen molar-refractivity contribution in [2.45, 2.75) is 94.8 Å². The van der Waals surface area contributed by atoms with Crippen LogP contribution in [0.1, 0.15) is 73.2 Å². The molecule has 3 N–H and O–H groups in total. The first-order valence-corrected chi connectivity index (χ1v) is 14.6. The lowest BCUT2D eigenvalue weighted by Crippen LogP contribution is -2.68. The van der Waals surface area contributed by atoms with Crippen LogP contribution in [-0.2, 0) is 25.7 Å². The van der Waals surface area contributed by atoms with Crippen molar-refractivity contribution in [3.63, 3.8) is 0 Å². The SMILES string of the molecule is COc1c2c(c(O)c3c1C[C@H]1[C@H](C#N)N4[C@@H](CO)c5c(O)c6c(c(OC)c5C[C@H]4[C@@H]3N1C)CC(C)(C)O6)OC(C)(C)C2. The van der Waals surface area contributed by atoms with E-state index in [0.29, 0.717) is 48.5 Å². The molecule has 5 atom stereocenters. The van der Waals surface area contributed by atoms with Crippen molar-refractivity contribution in [3.8, 4) is 40.6 Å². The van der Waals surface area contributed by atoms with Crippen LogP contribution in [0.2, 0.25) is 0 Å². The molecule has 2 bridgehead atoms. The molecule has 5 heterocycles. The maximum atomic E-state index is 11.9. The van der Waals surface area contributed by atoms with Crippen LogP contribution in [0.3, 0.4) is 0 Å². The van der Waals surface area contributed by atoms with Crippen molar-refractivity contribution in [3.05, 3.63) is 33.4 Å². The highest BCUT2D eigenvalue weighted by Crippen LogP contribution is 2.61. The minimum Gasteiger partial charge on any atom is -0.504 e. The normalized spacial score (nSPS) is 29.6. The Hall–Kier alpha value is -3.39. The molecule has 7 rings (SSSR count). The van der Waals surface area contributed by atoms with Gasteiger partial charge in [0.1, 0.15) is 28.7 Å². The van der Waals surface area contributed by atoms with Gasteiger partial charge in [-0.25, -0.2) is 0 Å². The Morgan fingerprint density at radius 2 is 1.36 bits per heavy atom. The number of hydrogen-bond donors (Lipinski definition) is 3. The standard InChI is InChI=1S/C32H39N3O7/c1-31(2)10-16-27(39-6)14-9-19-24-23-15(28(40-7)17-11-32(3,4)42-30(17)26(23)38)8-18(34(24)5)20(12-33)35(19)21(13-36)22(14)25(37)29(16)41-31/h18-21,24,36-38H,8-11,13H2,1-7H3/t18-,19-,20-,21-,24-/m0/s1. The highest BCUT2D eigenvalue weighted by atomic mass is 16.5. The number of methoxy groups -OCH3 is 2. The molecule has 2 aromatic rings. The van der Waals surface area contributed by atoms with Crippen LogP contribution in [0.25, 0.3) is 0 Å². The minimum atomic E-state index is -0.677. The number of phenols is 2. The first kappa shape index (κ1) is 27.4. The first-order chi connectivity index (χ1) is 19.9. The van der Waals surface area contributed by atoms with Crippen LogP contribution in [0, 0.1) is 11.3 Å². The van der Waals surface area contributed by atoms with Gasteiger partial charge in [0, 0.05) is 58.3 Å². The van der Waals surface area contributed by atoms with Crippen LogP contribution in [0.5, 0.6) is 34.5 Å². The molecule has 5 aliphatic heterocycles. The fraction of sp³-hybridized carbons (Fsp3) is 0.594. The van der Waals surface area contributed by atoms with Crippen molar-refractivity contribution in [2.24, 2.45) is 0 Å². The Morgan fingerprint density at radius 3 is 1.86 bits per heavy atom. The predicted molar refractivity (Wildman–Crippen MR) is 153 cm³/mol. The summed E-state index contributed by atoms with van der Waals surface area (Å²) in [5.74, 6) is 2.33. The Balaban J connectivity index is 1.48. The molecule has 0 radical (unpaired) electrons. The second-order valence-corrected chi connectivity index (χ2v) is 13.6. The van der Waals surface area contributed by atoms with Crippen LogP contribution in [0.15, 0.2) is 0 Å². The number of likely N-dealkylation sites (N-methyl/N-ethyl adjacent to an activating group) is 1. The number of nitrogens with zero attached hydrogens (tertiary/aromatic N) is 3. The number of rotatable bonds is 3. The first-order valence-electron chi connectivity index (χ1n) is 14.6. The number of piperazine rings is 1. The summed E-state index contributed by atoms with van der Waals surface area (Å²) in [7, 11) is 5.27. The van der Waals surface area contributed by atoms with Gasteiger partial charge >= 0.3 is 0 Å². The van der Waals surface area contributed by atoms with Crippen LogP contribution in [0.4, 0.5) is 0 Å². The summed E-state index contributed by atoms with van der Waals surface area (Å²) < 4.78 is 24.5. The van der Waals surface area contributed by atoms with Crippen LogP contribution in [-0.4, -0.2) is 82.3 Å². The van der Waals surface area contributed by atoms with Gasteiger partial charge in [0.2, 0.25) is 0 Å². The lowest BCUT2D eigenvalue weighted by molar-refractivity contribution is -0.0828. The Bertz CT molecular complexity index is 1560. The zero-order valence-electron chi connectivity index (χ0n) is 25.2. The van der Waals surface area contributed by atoms with E-state index >= 15 is 0 Å². The summed E-state index contributed by atoms with van der Waals surface area (Å²) in [4.78, 5) is 4.24. The zero-order valence-corrected chi connectivity index (χ0v) is 25.2. The topological polar surface area (TPSA) is 128 Å². The van der Waals surface area contributed by atoms with Gasteiger partial charge < -0.3 is 34.3 Å². The third-order valence-electron chi connectivity index (χ3n) is 10.1. The number of benzene rings is 2. The summed E-state index contributed by atoms with van der Waals surface area (Å²) >= 11 is 0. The van der Waals surface area contributed by atoms with E-state index in [9.17, 15) is 20.6 Å². The van der Waals surface area contributed by atoms with Gasteiger partial charge in [-0.15, -0.1) is 0 Å². The van der Waals surface area contributed by atoms with E-state index < -0.39 is 23.3 Å². The molecule has 42 heavy (non-hydrogen) atoms. The summed E-state index contributed by atoms with van der Waals surface area (Å²) in [6, 6.07) is 0.358. The number of nitriles is 1. The smallest absolute Gasteiger partial charge is 0.169 e. The summed E-state index contributed by atoms with van der Waals surface area (Å²) in [5.41, 5.74) is 3.65. The number of fused-ring (bicyclic) bond motifs is 9. The second-order valence-electron chi connectivity index (χ2n) is 13.6. The van der Waals surface area contributed by atoms with Crippen molar-refractivity contribution in [2.75, 3.05) is 27.9 Å². The minimum absolute atomic E-state index is 0.00280. The highest BCUT2D eigenvalue weighted by Gasteiger charge is 2.58. The van der Waals surface area contributed by atoms with E-state index in [4.69, 9.17) is 18.9 Å². The average molecular weight is 578 g/mol. The van der Waals surface area contributed by atoms with Gasteiger partial charge in [-0.2, -0.15) is 5.26 Å². The van der Waals surface area contributed by atoms with Crippen LogP contribution >= 0.6 is 0 Å². The third-order valence-corrected chi connectivity index (χ3v) is 10.1. The molecule has 10 heteroatoms. The van der Waals surface area contributed by atoms with Gasteiger partial charge in [0.15, 0.2) is 23.0 Å². The molecule has 0 spiro atoms. The molecular formula is C32H39N3O7. The number of hydrogen-bond acceptors (Lipinski definition) is 10. The number of aliphatic hydroxyl groups excluding tert-OH is 1. The lowest BCUT2D eigenvalue weighted by atomic mass is 9.71. The number of ether oxygens (including phenoxy) is 4. The van der Waals surface area contributed by atoms with Crippen LogP contribution < -0.4 is 18.9 Å². The lowest BCUT2D eigenvalue weighted by Gasteiger charge is -2.59. The third kappa shape index (κ3) is 3.41. The molecule has 10 nitrogen and oxygen atoms in total. The van der Waals surface area contributed by atoms with Crippen molar-refractivity contribution >= 4 is 0 Å². The molecule has 0 amide bonds. The largest absolute Gasteiger partial charge is 0.504 e. The molecule has 5 aliphatic rings. The maximum absolute atomic E-state index is 11.9. The zero-order chi connectivity index (χ0) is 30.0. The monoisotopic (exact) mass is 577 g/mol. The van der Waals surface area contributed by atoms with Gasteiger partial charge in [0.05, 0.1) is 39.0 Å². The fourth-order valence-corrected chi connectivity index (χ4v) is 8.69.